The smallest absolute Gasteiger partial charge is 0.431 e. The first-order valence-electron chi connectivity index (χ1n) is 8.72. The summed E-state index contributed by atoms with van der Waals surface area (Å²) < 4.78 is 69.3. The largest absolute Gasteiger partial charge is 0.446 e. The van der Waals surface area contributed by atoms with Gasteiger partial charge in [0.1, 0.15) is 0 Å². The highest BCUT2D eigenvalue weighted by molar-refractivity contribution is 5.74. The molecule has 0 aromatic heterocycles. The molecule has 7 heteroatoms. The minimum atomic E-state index is -5.26. The lowest BCUT2D eigenvalue weighted by atomic mass is 9.67. The topological polar surface area (TPSA) is 26.3 Å². The van der Waals surface area contributed by atoms with Gasteiger partial charge in [0.25, 0.3) is 12.0 Å². The van der Waals surface area contributed by atoms with Crippen LogP contribution in [-0.4, -0.2) is 24.2 Å². The van der Waals surface area contributed by atoms with Gasteiger partial charge >= 0.3 is 12.1 Å². The molecule has 8 atom stereocenters. The predicted molar refractivity (Wildman–Crippen MR) is 74.1 cm³/mol. The number of carbonyl (C=O) groups is 1. The van der Waals surface area contributed by atoms with Gasteiger partial charge in [-0.05, 0) is 67.6 Å². The number of hydrogen-bond acceptors (Lipinski definition) is 2. The average Bonchev–Trinajstić information content (AvgIpc) is 3.18. The van der Waals surface area contributed by atoms with Crippen molar-refractivity contribution in [2.45, 2.75) is 57.2 Å². The number of halogens is 5. The van der Waals surface area contributed by atoms with Crippen molar-refractivity contribution < 1.29 is 31.5 Å². The zero-order valence-corrected chi connectivity index (χ0v) is 13.4. The Morgan fingerprint density at radius 3 is 2.17 bits per heavy atom. The summed E-state index contributed by atoms with van der Waals surface area (Å²) in [6.45, 7) is 0.144. The van der Waals surface area contributed by atoms with Crippen molar-refractivity contribution in [1.29, 1.82) is 0 Å². The number of rotatable bonds is 3. The van der Waals surface area contributed by atoms with Crippen LogP contribution in [0.4, 0.5) is 22.0 Å². The standard InChI is InChI=1S/C17H21F5O2/c1-16(18,19)15(17(20,21)22)24-14(23)11-6-9-5-10(11)13-8-3-2-7(4-8)12(9)13/h7-13,15H,2-6H2,1H3. The second kappa shape index (κ2) is 5.07. The van der Waals surface area contributed by atoms with Crippen molar-refractivity contribution in [3.8, 4) is 0 Å². The summed E-state index contributed by atoms with van der Waals surface area (Å²) >= 11 is 0. The first-order valence-corrected chi connectivity index (χ1v) is 8.72. The van der Waals surface area contributed by atoms with Gasteiger partial charge in [-0.25, -0.2) is 8.78 Å². The number of fused-ring (bicyclic) bond motifs is 9. The molecular formula is C17H21F5O2. The Morgan fingerprint density at radius 2 is 1.58 bits per heavy atom. The molecule has 0 spiro atoms. The molecule has 0 amide bonds. The minimum absolute atomic E-state index is 0.0298. The van der Waals surface area contributed by atoms with Gasteiger partial charge in [-0.3, -0.25) is 4.79 Å². The van der Waals surface area contributed by atoms with Gasteiger partial charge in [0.2, 0.25) is 0 Å². The summed E-state index contributed by atoms with van der Waals surface area (Å²) in [5.41, 5.74) is 0. The molecule has 4 saturated carbocycles. The van der Waals surface area contributed by atoms with E-state index in [4.69, 9.17) is 0 Å². The van der Waals surface area contributed by atoms with Crippen molar-refractivity contribution in [3.05, 3.63) is 0 Å². The Hall–Kier alpha value is -0.880. The molecule has 4 aliphatic carbocycles. The van der Waals surface area contributed by atoms with E-state index in [2.05, 4.69) is 4.74 Å². The third-order valence-electron chi connectivity index (χ3n) is 7.03. The van der Waals surface area contributed by atoms with Crippen molar-refractivity contribution in [2.75, 3.05) is 0 Å². The summed E-state index contributed by atoms with van der Waals surface area (Å²) in [5.74, 6) is -3.20. The molecule has 4 aliphatic rings. The molecule has 0 aromatic rings. The monoisotopic (exact) mass is 352 g/mol. The summed E-state index contributed by atoms with van der Waals surface area (Å²) in [5, 5.41) is 0. The minimum Gasteiger partial charge on any atom is -0.446 e. The first-order chi connectivity index (χ1) is 11.1. The van der Waals surface area contributed by atoms with Crippen LogP contribution in [0.25, 0.3) is 0 Å². The Morgan fingerprint density at radius 1 is 0.958 bits per heavy atom. The van der Waals surface area contributed by atoms with Gasteiger partial charge in [-0.15, -0.1) is 0 Å². The molecule has 4 fully saturated rings. The molecule has 4 rings (SSSR count). The zero-order valence-electron chi connectivity index (χ0n) is 13.4. The van der Waals surface area contributed by atoms with Crippen molar-refractivity contribution in [1.82, 2.24) is 0 Å². The highest BCUT2D eigenvalue weighted by atomic mass is 19.4. The summed E-state index contributed by atoms with van der Waals surface area (Å²) in [4.78, 5) is 12.3. The lowest BCUT2D eigenvalue weighted by Crippen LogP contribution is -2.48. The molecule has 0 N–H and O–H groups in total. The van der Waals surface area contributed by atoms with Crippen LogP contribution in [0.15, 0.2) is 0 Å². The van der Waals surface area contributed by atoms with Crippen molar-refractivity contribution >= 4 is 5.97 Å². The van der Waals surface area contributed by atoms with E-state index in [0.717, 1.165) is 12.8 Å². The van der Waals surface area contributed by atoms with E-state index in [1.807, 2.05) is 0 Å². The van der Waals surface area contributed by atoms with Gasteiger partial charge in [0.15, 0.2) is 0 Å². The summed E-state index contributed by atoms with van der Waals surface area (Å²) in [7, 11) is 0. The molecule has 0 radical (unpaired) electrons. The Kier molecular flexibility index (Phi) is 3.50. The van der Waals surface area contributed by atoms with E-state index in [9.17, 15) is 26.7 Å². The maximum Gasteiger partial charge on any atom is 0.431 e. The van der Waals surface area contributed by atoms with E-state index in [1.54, 1.807) is 0 Å². The molecule has 0 aromatic carbocycles. The van der Waals surface area contributed by atoms with Gasteiger partial charge in [0.05, 0.1) is 5.92 Å². The SMILES string of the molecule is CC(F)(F)C(OC(=O)C1CC2CC1C1C3CCC(C3)C21)C(F)(F)F. The predicted octanol–water partition coefficient (Wildman–Crippen LogP) is 4.43. The van der Waals surface area contributed by atoms with E-state index in [0.29, 0.717) is 36.0 Å². The third-order valence-corrected chi connectivity index (χ3v) is 7.03. The maximum absolute atomic E-state index is 13.3. The lowest BCUT2D eigenvalue weighted by Gasteiger charge is -2.38. The van der Waals surface area contributed by atoms with E-state index < -0.39 is 30.1 Å². The number of alkyl halides is 5. The molecular weight excluding hydrogens is 331 g/mol. The fraction of sp³-hybridized carbons (Fsp3) is 0.941. The Bertz CT molecular complexity index is 526. The van der Waals surface area contributed by atoms with Crippen LogP contribution in [0.5, 0.6) is 0 Å². The van der Waals surface area contributed by atoms with Gasteiger partial charge in [-0.1, -0.05) is 0 Å². The molecule has 0 saturated heterocycles. The molecule has 2 nitrogen and oxygen atoms in total. The average molecular weight is 352 g/mol. The number of esters is 1. The van der Waals surface area contributed by atoms with Crippen molar-refractivity contribution in [2.24, 2.45) is 41.4 Å². The quantitative estimate of drug-likeness (QED) is 0.427. The third kappa shape index (κ3) is 2.37. The van der Waals surface area contributed by atoms with Crippen LogP contribution in [0.1, 0.15) is 39.0 Å². The second-order valence-corrected chi connectivity index (χ2v) is 8.30. The number of ether oxygens (including phenoxy) is 1. The fourth-order valence-corrected chi connectivity index (χ4v) is 6.50. The number of hydrogen-bond donors (Lipinski definition) is 0. The maximum atomic E-state index is 13.3. The first kappa shape index (κ1) is 16.6. The molecule has 4 bridgehead atoms. The van der Waals surface area contributed by atoms with Gasteiger partial charge in [-0.2, -0.15) is 13.2 Å². The highest BCUT2D eigenvalue weighted by Gasteiger charge is 2.64. The molecule has 0 heterocycles. The summed E-state index contributed by atoms with van der Waals surface area (Å²) in [6, 6.07) is 0. The second-order valence-electron chi connectivity index (χ2n) is 8.30. The van der Waals surface area contributed by atoms with Crippen LogP contribution in [-0.2, 0) is 9.53 Å². The van der Waals surface area contributed by atoms with Crippen LogP contribution in [0.3, 0.4) is 0 Å². The Balaban J connectivity index is 1.48. The van der Waals surface area contributed by atoms with Crippen LogP contribution >= 0.6 is 0 Å². The Labute approximate surface area is 137 Å². The van der Waals surface area contributed by atoms with Crippen LogP contribution in [0.2, 0.25) is 0 Å². The van der Waals surface area contributed by atoms with Crippen LogP contribution in [0, 0.1) is 41.4 Å². The van der Waals surface area contributed by atoms with Crippen molar-refractivity contribution in [3.63, 3.8) is 0 Å². The molecule has 24 heavy (non-hydrogen) atoms. The summed E-state index contributed by atoms with van der Waals surface area (Å²) in [6.07, 6.45) is -3.73. The number of carbonyl (C=O) groups excluding carboxylic acids is 1. The van der Waals surface area contributed by atoms with E-state index in [-0.39, 0.29) is 12.8 Å². The normalized spacial score (nSPS) is 44.7. The molecule has 136 valence electrons. The zero-order chi connectivity index (χ0) is 17.4. The van der Waals surface area contributed by atoms with Gasteiger partial charge in [0, 0.05) is 6.92 Å². The molecule has 0 aliphatic heterocycles. The highest BCUT2D eigenvalue weighted by Crippen LogP contribution is 2.68. The van der Waals surface area contributed by atoms with E-state index >= 15 is 0 Å². The van der Waals surface area contributed by atoms with E-state index in [1.165, 1.54) is 12.8 Å². The van der Waals surface area contributed by atoms with Gasteiger partial charge < -0.3 is 4.74 Å². The fourth-order valence-electron chi connectivity index (χ4n) is 6.50. The van der Waals surface area contributed by atoms with Crippen LogP contribution < -0.4 is 0 Å². The lowest BCUT2D eigenvalue weighted by molar-refractivity contribution is -0.275. The molecule has 8 unspecified atom stereocenters.